The molecule has 0 radical (unpaired) electrons. The van der Waals surface area contributed by atoms with Crippen molar-refractivity contribution in [3.8, 4) is 0 Å². The number of aliphatic hydroxyl groups is 8. The number of aliphatic hydroxyl groups excluding tert-OH is 8. The van der Waals surface area contributed by atoms with Gasteiger partial charge in [0.2, 0.25) is 5.91 Å². The number of aromatic nitrogens is 4. The van der Waals surface area contributed by atoms with Crippen molar-refractivity contribution in [2.24, 2.45) is 85.1 Å². The summed E-state index contributed by atoms with van der Waals surface area (Å²) in [5.74, 6) is -5.46. The molecule has 7 aliphatic carbocycles. The predicted octanol–water partition coefficient (Wildman–Crippen LogP) is 2.02. The van der Waals surface area contributed by atoms with E-state index in [0.29, 0.717) is 76.3 Å². The normalized spacial score (nSPS) is 49.1. The molecule has 2 aromatic heterocycles. The molecule has 14 N–H and O–H groups in total. The van der Waals surface area contributed by atoms with E-state index in [1.165, 1.54) is 11.1 Å². The zero-order valence-corrected chi connectivity index (χ0v) is 43.1. The van der Waals surface area contributed by atoms with Gasteiger partial charge in [-0.2, -0.15) is 0 Å². The Morgan fingerprint density at radius 3 is 2.36 bits per heavy atom. The van der Waals surface area contributed by atoms with Gasteiger partial charge >= 0.3 is 5.97 Å². The van der Waals surface area contributed by atoms with Crippen LogP contribution in [0.5, 0.6) is 0 Å². The van der Waals surface area contributed by atoms with Gasteiger partial charge in [0.25, 0.3) is 0 Å². The van der Waals surface area contributed by atoms with Crippen molar-refractivity contribution in [2.45, 2.75) is 160 Å². The van der Waals surface area contributed by atoms with Crippen molar-refractivity contribution < 1.29 is 65.0 Å². The molecule has 19 nitrogen and oxygen atoms in total. The molecule has 19 heteroatoms. The number of carboxylic acid groups (broad SMARTS) is 1. The molecule has 23 atom stereocenters. The number of H-pyrrole nitrogens is 2. The zero-order chi connectivity index (χ0) is 52.7. The van der Waals surface area contributed by atoms with E-state index in [-0.39, 0.29) is 37.4 Å². The Kier molecular flexibility index (Phi) is 12.9. The number of hydrogen-bond acceptors (Lipinski definition) is 15. The minimum Gasteiger partial charge on any atom is -0.481 e. The summed E-state index contributed by atoms with van der Waals surface area (Å²) in [5.41, 5.74) is 4.41. The molecule has 0 unspecified atom stereocenters. The summed E-state index contributed by atoms with van der Waals surface area (Å²) in [6.07, 6.45) is 7.66. The minimum absolute atomic E-state index is 0.0559. The van der Waals surface area contributed by atoms with Crippen molar-refractivity contribution in [2.75, 3.05) is 26.4 Å². The van der Waals surface area contributed by atoms with Crippen LogP contribution in [0.15, 0.2) is 48.3 Å². The number of nitrogens with zero attached hydrogens (tertiary/aromatic N) is 2. The van der Waals surface area contributed by atoms with Crippen LogP contribution in [0.1, 0.15) is 116 Å². The number of rotatable bonds is 14. The van der Waals surface area contributed by atoms with Crippen molar-refractivity contribution >= 4 is 11.9 Å². The van der Waals surface area contributed by atoms with E-state index in [9.17, 15) is 55.5 Å². The summed E-state index contributed by atoms with van der Waals surface area (Å²) in [5, 5.41) is 107. The minimum atomic E-state index is -1.69. The summed E-state index contributed by atoms with van der Waals surface area (Å²) < 4.78 is 12.7. The van der Waals surface area contributed by atoms with Crippen molar-refractivity contribution in [3.63, 3.8) is 0 Å². The van der Waals surface area contributed by atoms with Crippen LogP contribution in [0, 0.1) is 79.3 Å². The highest BCUT2D eigenvalue weighted by Gasteiger charge is 2.84. The number of allylic oxidation sites excluding steroid dienone is 4. The Morgan fingerprint density at radius 2 is 1.70 bits per heavy atom. The second kappa shape index (κ2) is 18.2. The standard InChI is InChI=1S/C55H80N6O13/c1-49(23-63)13-14-53(48(71)72)17-28(15-29-19-57-25-59-29)54-11-7-27-16-31(39-32(21-62)46(70)61-41(39)30(5-6-38(56)66)35-20-58-26-60-35)40-43(68)45(74-47-44(69)42(67)36(65)22-73-47)50(2,24-64)37-9-10-51(54,3)55(27,52(37,40)4)12-8-33(54)34(53)18-49/h8,16,19-20,25-26,28,30-32,34,36-45,47,62-69H,5-7,9-15,17-18,21-24,56H2,1-4H3,(H,57,59)(H,58,60)(H,61,70)(H,71,72)/t28-,30-,31-,32+,34+,36-,37-,38+,39+,40+,41+,42+,43-,44-,45-,47+,49+,50+,51+,52-,53+,54-,55-/m1/s1. The first-order valence-electron chi connectivity index (χ1n) is 27.3. The second-order valence-corrected chi connectivity index (χ2v) is 25.7. The SMILES string of the molecule is C[C@]1(CO)CC[C@]2(C(=O)O)C[C@@H](Cc3cnc[nH]3)[C@@]34CCC5=C[C@H]([C@@H]6[C@H]([C@H](CC[C@@H](N)O)c7cnc[nH]7)NC(=O)[C@H]6CO)[C@H]6[C@@H](O)[C@@H](O[C@@H]7OC[C@@H](O)[C@H](O)[C@H]7O)[C@@](C)(CO)[C@H]7CC[C@]3(C)[C@]5(CC=C4[C@@H]2C1)[C@@]67C. The Balaban J connectivity index is 1.15. The van der Waals surface area contributed by atoms with E-state index in [4.69, 9.17) is 15.2 Å². The van der Waals surface area contributed by atoms with Gasteiger partial charge in [-0.15, -0.1) is 0 Å². The number of carboxylic acids is 1. The van der Waals surface area contributed by atoms with Gasteiger partial charge < -0.3 is 76.5 Å². The predicted molar refractivity (Wildman–Crippen MR) is 264 cm³/mol. The van der Waals surface area contributed by atoms with Crippen molar-refractivity contribution in [1.29, 1.82) is 0 Å². The number of amides is 1. The van der Waals surface area contributed by atoms with E-state index in [2.05, 4.69) is 58.2 Å². The number of carbonyl (C=O) groups excluding carboxylic acids is 1. The largest absolute Gasteiger partial charge is 0.481 e. The topological polar surface area (TPSA) is 330 Å². The van der Waals surface area contributed by atoms with Crippen LogP contribution in [-0.4, -0.2) is 153 Å². The third-order valence-corrected chi connectivity index (χ3v) is 23.0. The summed E-state index contributed by atoms with van der Waals surface area (Å²) in [6, 6.07) is -0.647. The number of hydrogen-bond donors (Lipinski definition) is 13. The quantitative estimate of drug-likeness (QED) is 0.0731. The fraction of sp³-hybridized carbons (Fsp3) is 0.782. The van der Waals surface area contributed by atoms with Gasteiger partial charge in [-0.3, -0.25) is 9.59 Å². The Bertz CT molecular complexity index is 2510. The highest BCUT2D eigenvalue weighted by atomic mass is 16.7. The van der Waals surface area contributed by atoms with Crippen molar-refractivity contribution in [1.82, 2.24) is 25.3 Å². The van der Waals surface area contributed by atoms with Crippen LogP contribution in [0.4, 0.5) is 0 Å². The third-order valence-electron chi connectivity index (χ3n) is 23.0. The molecule has 2 aliphatic heterocycles. The van der Waals surface area contributed by atoms with Crippen LogP contribution < -0.4 is 11.1 Å². The molecule has 2 bridgehead atoms. The monoisotopic (exact) mass is 1030 g/mol. The summed E-state index contributed by atoms with van der Waals surface area (Å²) >= 11 is 0. The lowest BCUT2D eigenvalue weighted by Crippen LogP contribution is -2.80. The van der Waals surface area contributed by atoms with Gasteiger partial charge in [0.05, 0.1) is 56.0 Å². The summed E-state index contributed by atoms with van der Waals surface area (Å²) in [6.45, 7) is 7.38. The second-order valence-electron chi connectivity index (χ2n) is 25.7. The van der Waals surface area contributed by atoms with E-state index in [1.54, 1.807) is 18.9 Å². The molecular formula is C55H80N6O13. The Hall–Kier alpha value is -3.60. The van der Waals surface area contributed by atoms with E-state index in [0.717, 1.165) is 5.69 Å². The first-order valence-corrected chi connectivity index (χ1v) is 27.3. The third kappa shape index (κ3) is 6.89. The highest BCUT2D eigenvalue weighted by Crippen LogP contribution is 2.88. The van der Waals surface area contributed by atoms with E-state index < -0.39 is 142 Å². The lowest BCUT2D eigenvalue weighted by molar-refractivity contribution is -0.360. The number of imidazole rings is 2. The molecule has 11 rings (SSSR count). The maximum Gasteiger partial charge on any atom is 0.310 e. The fourth-order valence-corrected chi connectivity index (χ4v) is 19.8. The first-order chi connectivity index (χ1) is 35.2. The zero-order valence-electron chi connectivity index (χ0n) is 43.1. The average molecular weight is 1030 g/mol. The number of nitrogens with two attached hydrogens (primary N) is 1. The maximum absolute atomic E-state index is 14.5. The van der Waals surface area contributed by atoms with Gasteiger partial charge in [0.15, 0.2) is 6.29 Å². The molecule has 4 heterocycles. The van der Waals surface area contributed by atoms with Crippen LogP contribution in [0.3, 0.4) is 0 Å². The lowest BCUT2D eigenvalue weighted by atomic mass is 9.21. The van der Waals surface area contributed by atoms with Crippen LogP contribution in [0.25, 0.3) is 0 Å². The Labute approximate surface area is 431 Å². The molecule has 408 valence electrons. The molecule has 74 heavy (non-hydrogen) atoms. The molecule has 2 aromatic rings. The number of nitrogens with one attached hydrogen (secondary N) is 3. The number of aromatic amines is 2. The number of fused-ring (bicyclic) bond motifs is 2. The fourth-order valence-electron chi connectivity index (χ4n) is 19.8. The summed E-state index contributed by atoms with van der Waals surface area (Å²) in [4.78, 5) is 44.0. The molecule has 9 aliphatic rings. The molecule has 7 fully saturated rings. The van der Waals surface area contributed by atoms with Gasteiger partial charge in [-0.25, -0.2) is 9.97 Å². The molecule has 5 saturated carbocycles. The number of ether oxygens (including phenoxy) is 2. The van der Waals surface area contributed by atoms with Crippen molar-refractivity contribution in [3.05, 3.63) is 59.7 Å². The van der Waals surface area contributed by atoms with Gasteiger partial charge in [0, 0.05) is 70.4 Å². The molecule has 1 amide bonds. The molecule has 2 saturated heterocycles. The molecule has 0 aromatic carbocycles. The van der Waals surface area contributed by atoms with E-state index >= 15 is 0 Å². The molecule has 2 spiro atoms. The highest BCUT2D eigenvalue weighted by molar-refractivity contribution is 5.82. The van der Waals surface area contributed by atoms with Crippen LogP contribution >= 0.6 is 0 Å². The molecular weight excluding hydrogens is 953 g/mol. The van der Waals surface area contributed by atoms with Gasteiger partial charge in [-0.05, 0) is 117 Å². The van der Waals surface area contributed by atoms with Crippen LogP contribution in [-0.2, 0) is 25.5 Å². The van der Waals surface area contributed by atoms with Gasteiger partial charge in [-0.1, -0.05) is 51.0 Å². The van der Waals surface area contributed by atoms with Gasteiger partial charge in [0.1, 0.15) is 24.5 Å². The number of aliphatic carboxylic acids is 1. The maximum atomic E-state index is 14.5. The summed E-state index contributed by atoms with van der Waals surface area (Å²) in [7, 11) is 0. The van der Waals surface area contributed by atoms with Crippen LogP contribution in [0.2, 0.25) is 0 Å². The van der Waals surface area contributed by atoms with E-state index in [1.807, 2.05) is 13.1 Å². The first kappa shape index (κ1) is 52.5. The Morgan fingerprint density at radius 1 is 0.946 bits per heavy atom. The lowest BCUT2D eigenvalue weighted by Gasteiger charge is -2.83. The average Bonchev–Trinajstić information content (AvgIpc) is 4.28. The number of carbonyl (C=O) groups is 2. The smallest absolute Gasteiger partial charge is 0.310 e.